The van der Waals surface area contributed by atoms with Crippen LogP contribution in [0.3, 0.4) is 0 Å². The lowest BCUT2D eigenvalue weighted by Gasteiger charge is -2.21. The van der Waals surface area contributed by atoms with Gasteiger partial charge in [-0.25, -0.2) is 13.9 Å². The zero-order chi connectivity index (χ0) is 28.8. The van der Waals surface area contributed by atoms with Gasteiger partial charge in [0.05, 0.1) is 24.1 Å². The van der Waals surface area contributed by atoms with E-state index in [-0.39, 0.29) is 28.0 Å². The average Bonchev–Trinajstić information content (AvgIpc) is 3.52. The maximum atomic E-state index is 14.5. The highest BCUT2D eigenvalue weighted by Crippen LogP contribution is 2.44. The van der Waals surface area contributed by atoms with E-state index in [1.165, 1.54) is 29.2 Å². The normalized spacial score (nSPS) is 12.2. The highest BCUT2D eigenvalue weighted by atomic mass is 35.5. The quantitative estimate of drug-likeness (QED) is 0.214. The molecule has 5 aromatic rings. The monoisotopic (exact) mass is 598 g/mol. The van der Waals surface area contributed by atoms with E-state index in [4.69, 9.17) is 23.2 Å². The Morgan fingerprint density at radius 2 is 1.65 bits per heavy atom. The molecule has 15 heteroatoms. The fourth-order valence-corrected chi connectivity index (χ4v) is 4.29. The van der Waals surface area contributed by atoms with Crippen molar-refractivity contribution in [2.24, 2.45) is 0 Å². The number of carbonyl (C=O) groups is 1. The third-order valence-corrected chi connectivity index (χ3v) is 6.46. The summed E-state index contributed by atoms with van der Waals surface area (Å²) in [6, 6.07) is 10.7. The van der Waals surface area contributed by atoms with Crippen LogP contribution in [0.25, 0.3) is 16.9 Å². The van der Waals surface area contributed by atoms with Crippen molar-refractivity contribution in [2.75, 3.05) is 5.32 Å². The molecule has 0 spiro atoms. The highest BCUT2D eigenvalue weighted by molar-refractivity contribution is 6.36. The van der Waals surface area contributed by atoms with Gasteiger partial charge in [0.15, 0.2) is 11.3 Å². The maximum absolute atomic E-state index is 14.5. The fraction of sp³-hybridized carbons (Fsp3) is 0.120. The van der Waals surface area contributed by atoms with Crippen molar-refractivity contribution in [3.05, 3.63) is 99.8 Å². The molecule has 0 aliphatic rings. The fourth-order valence-electron chi connectivity index (χ4n) is 3.78. The molecule has 0 aliphatic heterocycles. The summed E-state index contributed by atoms with van der Waals surface area (Å²) in [5.74, 6) is -6.93. The minimum atomic E-state index is -5.98. The minimum Gasteiger partial charge on any atom is -0.318 e. The van der Waals surface area contributed by atoms with Gasteiger partial charge in [0.1, 0.15) is 11.5 Å². The number of anilines is 1. The lowest BCUT2D eigenvalue weighted by atomic mass is 10.1. The highest BCUT2D eigenvalue weighted by Gasteiger charge is 2.60. The number of hydrogen-bond acceptors (Lipinski definition) is 4. The van der Waals surface area contributed by atoms with Crippen molar-refractivity contribution in [1.82, 2.24) is 24.4 Å². The van der Waals surface area contributed by atoms with Crippen LogP contribution in [0, 0.1) is 5.82 Å². The van der Waals surface area contributed by atoms with Crippen LogP contribution in [0.2, 0.25) is 10.0 Å². The van der Waals surface area contributed by atoms with Crippen molar-refractivity contribution in [1.29, 1.82) is 0 Å². The predicted octanol–water partition coefficient (Wildman–Crippen LogP) is 6.99. The Balaban J connectivity index is 1.48. The summed E-state index contributed by atoms with van der Waals surface area (Å²) in [4.78, 5) is 16.9. The number of benzene rings is 2. The summed E-state index contributed by atoms with van der Waals surface area (Å²) in [5.41, 5.74) is -2.02. The molecule has 206 valence electrons. The van der Waals surface area contributed by atoms with E-state index in [1.807, 2.05) is 0 Å². The molecule has 3 aromatic heterocycles. The first kappa shape index (κ1) is 27.5. The van der Waals surface area contributed by atoms with Gasteiger partial charge >= 0.3 is 12.1 Å². The summed E-state index contributed by atoms with van der Waals surface area (Å²) in [5, 5.41) is 11.0. The van der Waals surface area contributed by atoms with Crippen LogP contribution in [0.4, 0.5) is 32.0 Å². The number of halogens is 8. The van der Waals surface area contributed by atoms with Crippen LogP contribution in [0.1, 0.15) is 21.7 Å². The van der Waals surface area contributed by atoms with Crippen LogP contribution in [-0.4, -0.2) is 36.5 Å². The third kappa shape index (κ3) is 5.21. The summed E-state index contributed by atoms with van der Waals surface area (Å²) in [6.07, 6.45) is -3.26. The smallest absolute Gasteiger partial charge is 0.318 e. The van der Waals surface area contributed by atoms with E-state index in [0.29, 0.717) is 21.7 Å². The second-order valence-electron chi connectivity index (χ2n) is 8.49. The van der Waals surface area contributed by atoms with Gasteiger partial charge in [-0.15, -0.1) is 0 Å². The van der Waals surface area contributed by atoms with E-state index < -0.39 is 40.9 Å². The van der Waals surface area contributed by atoms with Gasteiger partial charge in [-0.05, 0) is 42.5 Å². The Bertz CT molecular complexity index is 1710. The zero-order valence-corrected chi connectivity index (χ0v) is 21.2. The van der Waals surface area contributed by atoms with Crippen molar-refractivity contribution in [2.45, 2.75) is 18.6 Å². The molecule has 0 aliphatic carbocycles. The predicted molar refractivity (Wildman–Crippen MR) is 134 cm³/mol. The van der Waals surface area contributed by atoms with Gasteiger partial charge in [0.2, 0.25) is 0 Å². The summed E-state index contributed by atoms with van der Waals surface area (Å²) in [6.45, 7) is 0.161. The van der Waals surface area contributed by atoms with Crippen LogP contribution in [-0.2, 0) is 12.5 Å². The molecule has 0 radical (unpaired) electrons. The SMILES string of the molecule is O=C(Nc1cnn(Cc2c(Cl)cccc2Cl)c1)c1cc2nc(-c3ccc(F)cc3)cc(C(F)(F)C(F)(F)F)n2n1. The first-order valence-electron chi connectivity index (χ1n) is 11.2. The first-order valence-corrected chi connectivity index (χ1v) is 12.0. The van der Waals surface area contributed by atoms with Crippen molar-refractivity contribution in [3.8, 4) is 11.3 Å². The Kier molecular flexibility index (Phi) is 6.96. The summed E-state index contributed by atoms with van der Waals surface area (Å²) >= 11 is 12.3. The number of aromatic nitrogens is 5. The molecule has 1 N–H and O–H groups in total. The molecule has 0 saturated heterocycles. The number of fused-ring (bicyclic) bond motifs is 1. The van der Waals surface area contributed by atoms with Crippen LogP contribution < -0.4 is 5.32 Å². The number of rotatable bonds is 6. The van der Waals surface area contributed by atoms with Crippen LogP contribution in [0.15, 0.2) is 67.0 Å². The zero-order valence-electron chi connectivity index (χ0n) is 19.7. The van der Waals surface area contributed by atoms with E-state index in [9.17, 15) is 31.1 Å². The molecule has 40 heavy (non-hydrogen) atoms. The molecular formula is C25H14Cl2F6N6O. The number of nitrogens with one attached hydrogen (secondary N) is 1. The molecule has 1 amide bonds. The molecule has 7 nitrogen and oxygen atoms in total. The van der Waals surface area contributed by atoms with Gasteiger partial charge in [-0.3, -0.25) is 9.48 Å². The van der Waals surface area contributed by atoms with E-state index in [0.717, 1.165) is 18.2 Å². The summed E-state index contributed by atoms with van der Waals surface area (Å²) < 4.78 is 84.1. The van der Waals surface area contributed by atoms with Crippen molar-refractivity contribution in [3.63, 3.8) is 0 Å². The second kappa shape index (κ2) is 10.1. The van der Waals surface area contributed by atoms with Crippen molar-refractivity contribution >= 4 is 40.4 Å². The van der Waals surface area contributed by atoms with Gasteiger partial charge < -0.3 is 5.32 Å². The average molecular weight is 599 g/mol. The van der Waals surface area contributed by atoms with Gasteiger partial charge in [0, 0.05) is 33.4 Å². The first-order chi connectivity index (χ1) is 18.8. The lowest BCUT2D eigenvalue weighted by molar-refractivity contribution is -0.291. The molecule has 3 heterocycles. The number of hydrogen-bond donors (Lipinski definition) is 1. The van der Waals surface area contributed by atoms with E-state index >= 15 is 0 Å². The van der Waals surface area contributed by atoms with Crippen LogP contribution >= 0.6 is 23.2 Å². The Hall–Kier alpha value is -4.10. The Labute approximate surface area is 231 Å². The van der Waals surface area contributed by atoms with E-state index in [1.54, 1.807) is 18.2 Å². The van der Waals surface area contributed by atoms with Gasteiger partial charge in [-0.2, -0.15) is 32.1 Å². The van der Waals surface area contributed by atoms with Crippen molar-refractivity contribution < 1.29 is 31.1 Å². The Morgan fingerprint density at radius 3 is 2.30 bits per heavy atom. The number of alkyl halides is 5. The second-order valence-corrected chi connectivity index (χ2v) is 9.30. The maximum Gasteiger partial charge on any atom is 0.459 e. The molecule has 0 bridgehead atoms. The summed E-state index contributed by atoms with van der Waals surface area (Å²) in [7, 11) is 0. The number of amides is 1. The molecule has 0 fully saturated rings. The lowest BCUT2D eigenvalue weighted by Crippen LogP contribution is -2.36. The molecule has 2 aromatic carbocycles. The van der Waals surface area contributed by atoms with E-state index in [2.05, 4.69) is 20.5 Å². The third-order valence-electron chi connectivity index (χ3n) is 5.75. The number of nitrogens with zero attached hydrogens (tertiary/aromatic N) is 5. The van der Waals surface area contributed by atoms with Crippen LogP contribution in [0.5, 0.6) is 0 Å². The molecule has 5 rings (SSSR count). The standard InChI is InChI=1S/C25H14Cl2F6N6O/c26-17-2-1-3-18(27)16(17)12-38-11-15(10-34-38)35-23(40)20-9-22-36-19(13-4-6-14(28)7-5-13)8-21(39(22)37-20)24(29,30)25(31,32)33/h1-11H,12H2,(H,35,40). The number of carbonyl (C=O) groups excluding carboxylic acids is 1. The van der Waals surface area contributed by atoms with Gasteiger partial charge in [0.25, 0.3) is 5.91 Å². The molecular weight excluding hydrogens is 585 g/mol. The minimum absolute atomic E-state index is 0.0707. The Morgan fingerprint density at radius 1 is 0.975 bits per heavy atom. The largest absolute Gasteiger partial charge is 0.459 e. The molecule has 0 unspecified atom stereocenters. The topological polar surface area (TPSA) is 77.1 Å². The molecule has 0 atom stereocenters. The van der Waals surface area contributed by atoms with Gasteiger partial charge in [-0.1, -0.05) is 29.3 Å². The molecule has 0 saturated carbocycles.